The van der Waals surface area contributed by atoms with Crippen LogP contribution in [-0.2, 0) is 4.79 Å². The molecular weight excluding hydrogens is 344 g/mol. The number of amides is 2. The quantitative estimate of drug-likeness (QED) is 0.770. The Kier molecular flexibility index (Phi) is 6.23. The Hall–Kier alpha value is -2.40. The average Bonchev–Trinajstić information content (AvgIpc) is 3.20. The molecule has 2 aromatic rings. The molecule has 1 saturated carbocycles. The van der Waals surface area contributed by atoms with Crippen LogP contribution in [0.3, 0.4) is 0 Å². The number of hydrogen-bond acceptors (Lipinski definition) is 3. The van der Waals surface area contributed by atoms with Crippen molar-refractivity contribution in [1.29, 1.82) is 0 Å². The number of rotatable bonds is 5. The van der Waals surface area contributed by atoms with Crippen molar-refractivity contribution in [1.82, 2.24) is 4.90 Å². The summed E-state index contributed by atoms with van der Waals surface area (Å²) in [4.78, 5) is 28.0. The summed E-state index contributed by atoms with van der Waals surface area (Å²) in [6, 6.07) is 11.4. The molecule has 0 atom stereocenters. The normalized spacial score (nSPS) is 15.1. The largest absolute Gasteiger partial charge is 0.339 e. The third kappa shape index (κ3) is 4.61. The molecule has 0 radical (unpaired) electrons. The highest BCUT2D eigenvalue weighted by Crippen LogP contribution is 2.25. The van der Waals surface area contributed by atoms with E-state index in [1.807, 2.05) is 41.6 Å². The van der Waals surface area contributed by atoms with Crippen LogP contribution in [0.4, 0.5) is 5.69 Å². The van der Waals surface area contributed by atoms with Gasteiger partial charge in [0.1, 0.15) is 0 Å². The summed E-state index contributed by atoms with van der Waals surface area (Å²) < 4.78 is 0. The van der Waals surface area contributed by atoms with Crippen molar-refractivity contribution in [2.24, 2.45) is 0 Å². The number of carbonyl (C=O) groups excluding carboxylic acids is 2. The van der Waals surface area contributed by atoms with Crippen molar-refractivity contribution in [2.75, 3.05) is 12.4 Å². The molecule has 1 fully saturated rings. The van der Waals surface area contributed by atoms with Crippen LogP contribution in [0, 0.1) is 0 Å². The van der Waals surface area contributed by atoms with Gasteiger partial charge < -0.3 is 10.2 Å². The molecule has 3 rings (SSSR count). The monoisotopic (exact) mass is 368 g/mol. The van der Waals surface area contributed by atoms with E-state index in [1.165, 1.54) is 25.3 Å². The summed E-state index contributed by atoms with van der Waals surface area (Å²) in [5.41, 5.74) is 1.10. The van der Waals surface area contributed by atoms with Crippen molar-refractivity contribution in [3.8, 4) is 0 Å². The molecule has 5 heteroatoms. The zero-order valence-electron chi connectivity index (χ0n) is 15.0. The van der Waals surface area contributed by atoms with Crippen LogP contribution in [0.2, 0.25) is 0 Å². The number of nitrogens with one attached hydrogen (secondary N) is 1. The van der Waals surface area contributed by atoms with Crippen molar-refractivity contribution >= 4 is 34.9 Å². The number of thiophene rings is 1. The van der Waals surface area contributed by atoms with Crippen molar-refractivity contribution in [3.05, 3.63) is 58.3 Å². The summed E-state index contributed by atoms with van der Waals surface area (Å²) in [7, 11) is 1.87. The lowest BCUT2D eigenvalue weighted by molar-refractivity contribution is -0.111. The highest BCUT2D eigenvalue weighted by Gasteiger charge is 2.24. The minimum atomic E-state index is -0.237. The van der Waals surface area contributed by atoms with Gasteiger partial charge in [0.05, 0.1) is 11.3 Å². The van der Waals surface area contributed by atoms with Crippen LogP contribution >= 0.6 is 11.3 Å². The van der Waals surface area contributed by atoms with E-state index < -0.39 is 0 Å². The second-order valence-electron chi connectivity index (χ2n) is 6.59. The standard InChI is InChI=1S/C21H24N2O2S/c1-23(16-8-3-2-4-9-16)21(25)18-11-5-6-12-19(18)22-20(24)14-13-17-10-7-15-26-17/h5-7,10-16H,2-4,8-9H2,1H3,(H,22,24). The molecule has 0 spiro atoms. The number of anilines is 1. The van der Waals surface area contributed by atoms with Gasteiger partial charge in [-0.25, -0.2) is 0 Å². The van der Waals surface area contributed by atoms with Crippen LogP contribution in [-0.4, -0.2) is 29.8 Å². The van der Waals surface area contributed by atoms with Crippen LogP contribution in [0.15, 0.2) is 47.9 Å². The highest BCUT2D eigenvalue weighted by molar-refractivity contribution is 7.10. The Bertz CT molecular complexity index is 777. The van der Waals surface area contributed by atoms with Crippen LogP contribution in [0.1, 0.15) is 47.3 Å². The van der Waals surface area contributed by atoms with Gasteiger partial charge in [0.25, 0.3) is 5.91 Å². The molecule has 0 unspecified atom stereocenters. The molecule has 0 aliphatic heterocycles. The van der Waals surface area contributed by atoms with E-state index in [0.29, 0.717) is 17.3 Å². The molecule has 26 heavy (non-hydrogen) atoms. The maximum absolute atomic E-state index is 12.9. The van der Waals surface area contributed by atoms with Gasteiger partial charge >= 0.3 is 0 Å². The van der Waals surface area contributed by atoms with Crippen molar-refractivity contribution in [2.45, 2.75) is 38.1 Å². The van der Waals surface area contributed by atoms with E-state index in [9.17, 15) is 9.59 Å². The Balaban J connectivity index is 1.70. The molecule has 4 nitrogen and oxygen atoms in total. The lowest BCUT2D eigenvalue weighted by Gasteiger charge is -2.31. The zero-order valence-corrected chi connectivity index (χ0v) is 15.8. The van der Waals surface area contributed by atoms with Crippen molar-refractivity contribution in [3.63, 3.8) is 0 Å². The molecule has 1 aromatic carbocycles. The van der Waals surface area contributed by atoms with Crippen molar-refractivity contribution < 1.29 is 9.59 Å². The molecule has 0 bridgehead atoms. The van der Waals surface area contributed by atoms with E-state index in [4.69, 9.17) is 0 Å². The first-order valence-corrected chi connectivity index (χ1v) is 9.92. The molecule has 1 aliphatic carbocycles. The van der Waals surface area contributed by atoms with E-state index in [1.54, 1.807) is 29.5 Å². The van der Waals surface area contributed by atoms with Crippen LogP contribution < -0.4 is 5.32 Å². The number of benzene rings is 1. The fraction of sp³-hybridized carbons (Fsp3) is 0.333. The second kappa shape index (κ2) is 8.81. The van der Waals surface area contributed by atoms with Gasteiger partial charge in [-0.15, -0.1) is 11.3 Å². The third-order valence-corrected chi connectivity index (χ3v) is 5.64. The lowest BCUT2D eigenvalue weighted by Crippen LogP contribution is -2.38. The highest BCUT2D eigenvalue weighted by atomic mass is 32.1. The number of para-hydroxylation sites is 1. The summed E-state index contributed by atoms with van der Waals surface area (Å²) in [6.45, 7) is 0. The maximum Gasteiger partial charge on any atom is 0.255 e. The van der Waals surface area contributed by atoms with Gasteiger partial charge in [-0.05, 0) is 42.5 Å². The predicted octanol–water partition coefficient (Wildman–Crippen LogP) is 4.80. The van der Waals surface area contributed by atoms with E-state index >= 15 is 0 Å². The summed E-state index contributed by atoms with van der Waals surface area (Å²) in [5, 5.41) is 4.81. The van der Waals surface area contributed by atoms with E-state index in [-0.39, 0.29) is 11.8 Å². The average molecular weight is 369 g/mol. The van der Waals surface area contributed by atoms with Gasteiger partial charge in [-0.3, -0.25) is 9.59 Å². The SMILES string of the molecule is CN(C(=O)c1ccccc1NC(=O)C=Cc1cccs1)C1CCCCC1. The molecule has 1 aromatic heterocycles. The van der Waals surface area contributed by atoms with Crippen LogP contribution in [0.5, 0.6) is 0 Å². The minimum absolute atomic E-state index is 0.0324. The van der Waals surface area contributed by atoms with Gasteiger partial charge in [-0.2, -0.15) is 0 Å². The lowest BCUT2D eigenvalue weighted by atomic mass is 9.94. The molecule has 2 amide bonds. The number of carbonyl (C=O) groups is 2. The van der Waals surface area contributed by atoms with Gasteiger partial charge in [0, 0.05) is 24.0 Å². The first kappa shape index (κ1) is 18.4. The Morgan fingerprint density at radius 1 is 1.12 bits per heavy atom. The number of nitrogens with zero attached hydrogens (tertiary/aromatic N) is 1. The minimum Gasteiger partial charge on any atom is -0.339 e. The topological polar surface area (TPSA) is 49.4 Å². The van der Waals surface area contributed by atoms with E-state index in [0.717, 1.165) is 17.7 Å². The molecule has 136 valence electrons. The zero-order chi connectivity index (χ0) is 18.4. The Morgan fingerprint density at radius 3 is 2.62 bits per heavy atom. The fourth-order valence-electron chi connectivity index (χ4n) is 3.32. The second-order valence-corrected chi connectivity index (χ2v) is 7.57. The van der Waals surface area contributed by atoms with Gasteiger partial charge in [-0.1, -0.05) is 37.5 Å². The first-order valence-electron chi connectivity index (χ1n) is 9.04. The third-order valence-electron chi connectivity index (χ3n) is 4.80. The smallest absolute Gasteiger partial charge is 0.255 e. The van der Waals surface area contributed by atoms with Gasteiger partial charge in [0.2, 0.25) is 5.91 Å². The molecule has 1 heterocycles. The first-order chi connectivity index (χ1) is 12.6. The summed E-state index contributed by atoms with van der Waals surface area (Å²) >= 11 is 1.57. The summed E-state index contributed by atoms with van der Waals surface area (Å²) in [5.74, 6) is -0.269. The predicted molar refractivity (Wildman–Crippen MR) is 107 cm³/mol. The fourth-order valence-corrected chi connectivity index (χ4v) is 3.94. The Labute approximate surface area is 158 Å². The molecule has 1 aliphatic rings. The molecule has 1 N–H and O–H groups in total. The van der Waals surface area contributed by atoms with Crippen LogP contribution in [0.25, 0.3) is 6.08 Å². The van der Waals surface area contributed by atoms with E-state index in [2.05, 4.69) is 5.32 Å². The summed E-state index contributed by atoms with van der Waals surface area (Å²) in [6.07, 6.45) is 8.99. The van der Waals surface area contributed by atoms with Gasteiger partial charge in [0.15, 0.2) is 0 Å². The Morgan fingerprint density at radius 2 is 1.88 bits per heavy atom. The molecule has 0 saturated heterocycles. The number of hydrogen-bond donors (Lipinski definition) is 1. The maximum atomic E-state index is 12.9. The molecular formula is C21H24N2O2S.